The van der Waals surface area contributed by atoms with E-state index >= 15 is 0 Å². The van der Waals surface area contributed by atoms with Crippen LogP contribution in [0.5, 0.6) is 0 Å². The second-order valence-electron chi connectivity index (χ2n) is 5.44. The molecule has 0 saturated heterocycles. The highest BCUT2D eigenvalue weighted by molar-refractivity contribution is 6.30. The highest BCUT2D eigenvalue weighted by atomic mass is 35.5. The summed E-state index contributed by atoms with van der Waals surface area (Å²) in [6.45, 7) is 5.47. The normalized spacial score (nSPS) is 13.7. The van der Waals surface area contributed by atoms with Crippen molar-refractivity contribution in [3.63, 3.8) is 0 Å². The van der Waals surface area contributed by atoms with E-state index in [-0.39, 0.29) is 0 Å². The lowest BCUT2D eigenvalue weighted by Gasteiger charge is -2.06. The third-order valence-corrected chi connectivity index (χ3v) is 3.66. The van der Waals surface area contributed by atoms with E-state index in [4.69, 9.17) is 16.7 Å². The van der Waals surface area contributed by atoms with Crippen LogP contribution in [0.25, 0.3) is 5.69 Å². The summed E-state index contributed by atoms with van der Waals surface area (Å²) in [5.74, 6) is 1.77. The van der Waals surface area contributed by atoms with Gasteiger partial charge in [-0.05, 0) is 43.0 Å². The maximum Gasteiger partial charge on any atom is 0.133 e. The first-order chi connectivity index (χ1) is 9.15. The third kappa shape index (κ3) is 2.35. The molecule has 2 heterocycles. The predicted molar refractivity (Wildman–Crippen MR) is 79.3 cm³/mol. The Morgan fingerprint density at radius 2 is 2.05 bits per heavy atom. The summed E-state index contributed by atoms with van der Waals surface area (Å²) in [5, 5.41) is 8.98. The number of hydrogen-bond acceptors (Lipinski definition) is 2. The molecule has 0 saturated carbocycles. The molecule has 0 aliphatic carbocycles. The summed E-state index contributed by atoms with van der Waals surface area (Å²) in [6.07, 6.45) is 2.11. The Morgan fingerprint density at radius 1 is 1.32 bits per heavy atom. The molecule has 1 aliphatic rings. The van der Waals surface area contributed by atoms with Crippen LogP contribution in [0.3, 0.4) is 0 Å². The van der Waals surface area contributed by atoms with Crippen molar-refractivity contribution in [2.75, 3.05) is 11.9 Å². The van der Waals surface area contributed by atoms with Gasteiger partial charge in [0.05, 0.1) is 11.4 Å². The maximum atomic E-state index is 5.95. The van der Waals surface area contributed by atoms with Crippen molar-refractivity contribution < 1.29 is 0 Å². The van der Waals surface area contributed by atoms with Gasteiger partial charge in [-0.3, -0.25) is 0 Å². The molecule has 3 rings (SSSR count). The molecule has 0 fully saturated rings. The van der Waals surface area contributed by atoms with Crippen LogP contribution in [-0.2, 0) is 12.8 Å². The molecule has 0 unspecified atom stereocenters. The van der Waals surface area contributed by atoms with Gasteiger partial charge >= 0.3 is 0 Å². The number of fused-ring (bicyclic) bond motifs is 1. The summed E-state index contributed by atoms with van der Waals surface area (Å²) >= 11 is 5.95. The van der Waals surface area contributed by atoms with Crippen LogP contribution in [-0.4, -0.2) is 16.3 Å². The van der Waals surface area contributed by atoms with Crippen molar-refractivity contribution in [2.45, 2.75) is 26.7 Å². The van der Waals surface area contributed by atoms with Crippen LogP contribution in [0, 0.1) is 5.92 Å². The van der Waals surface area contributed by atoms with Crippen molar-refractivity contribution in [3.8, 4) is 5.69 Å². The lowest BCUT2D eigenvalue weighted by Crippen LogP contribution is -2.05. The van der Waals surface area contributed by atoms with Crippen LogP contribution in [0.2, 0.25) is 5.02 Å². The SMILES string of the molecule is CC(C)Cc1nn(-c2ccc(Cl)cc2)c2c1CCN2. The van der Waals surface area contributed by atoms with E-state index < -0.39 is 0 Å². The second-order valence-corrected chi connectivity index (χ2v) is 5.87. The number of rotatable bonds is 3. The highest BCUT2D eigenvalue weighted by Crippen LogP contribution is 2.30. The molecule has 0 spiro atoms. The van der Waals surface area contributed by atoms with Crippen molar-refractivity contribution in [2.24, 2.45) is 5.92 Å². The topological polar surface area (TPSA) is 29.9 Å². The van der Waals surface area contributed by atoms with Gasteiger partial charge in [-0.25, -0.2) is 4.68 Å². The first-order valence-corrected chi connectivity index (χ1v) is 7.13. The second kappa shape index (κ2) is 4.89. The Kier molecular flexibility index (Phi) is 3.23. The zero-order valence-corrected chi connectivity index (χ0v) is 12.0. The van der Waals surface area contributed by atoms with Gasteiger partial charge in [0.1, 0.15) is 5.82 Å². The minimum Gasteiger partial charge on any atom is -0.369 e. The fourth-order valence-corrected chi connectivity index (χ4v) is 2.69. The first-order valence-electron chi connectivity index (χ1n) is 6.75. The van der Waals surface area contributed by atoms with Gasteiger partial charge in [-0.1, -0.05) is 25.4 Å². The standard InChI is InChI=1S/C15H18ClN3/c1-10(2)9-14-13-7-8-17-15(13)19(18-14)12-5-3-11(16)4-6-12/h3-6,10,17H,7-9H2,1-2H3. The van der Waals surface area contributed by atoms with Gasteiger partial charge in [0, 0.05) is 17.1 Å². The monoisotopic (exact) mass is 275 g/mol. The van der Waals surface area contributed by atoms with Crippen LogP contribution in [0.15, 0.2) is 24.3 Å². The lowest BCUT2D eigenvalue weighted by atomic mass is 10.0. The fourth-order valence-electron chi connectivity index (χ4n) is 2.57. The maximum absolute atomic E-state index is 5.95. The molecule has 1 N–H and O–H groups in total. The summed E-state index contributed by atoms with van der Waals surface area (Å²) in [7, 11) is 0. The Labute approximate surface area is 118 Å². The molecule has 1 aromatic heterocycles. The molecule has 3 nitrogen and oxygen atoms in total. The molecule has 19 heavy (non-hydrogen) atoms. The van der Waals surface area contributed by atoms with E-state index in [1.165, 1.54) is 11.3 Å². The number of halogens is 1. The molecule has 0 bridgehead atoms. The van der Waals surface area contributed by atoms with Crippen LogP contribution in [0.1, 0.15) is 25.1 Å². The average molecular weight is 276 g/mol. The van der Waals surface area contributed by atoms with E-state index in [2.05, 4.69) is 19.2 Å². The molecule has 0 atom stereocenters. The third-order valence-electron chi connectivity index (χ3n) is 3.41. The zero-order valence-electron chi connectivity index (χ0n) is 11.3. The predicted octanol–water partition coefficient (Wildman–Crippen LogP) is 3.69. The number of aromatic nitrogens is 2. The summed E-state index contributed by atoms with van der Waals surface area (Å²) in [6, 6.07) is 7.83. The Morgan fingerprint density at radius 3 is 2.74 bits per heavy atom. The van der Waals surface area contributed by atoms with Gasteiger partial charge in [0.25, 0.3) is 0 Å². The van der Waals surface area contributed by atoms with Gasteiger partial charge in [-0.15, -0.1) is 0 Å². The quantitative estimate of drug-likeness (QED) is 0.926. The van der Waals surface area contributed by atoms with E-state index in [1.54, 1.807) is 0 Å². The van der Waals surface area contributed by atoms with Gasteiger partial charge in [0.2, 0.25) is 0 Å². The van der Waals surface area contributed by atoms with Crippen LogP contribution >= 0.6 is 11.6 Å². The van der Waals surface area contributed by atoms with Crippen molar-refractivity contribution in [1.29, 1.82) is 0 Å². The molecule has 1 aromatic carbocycles. The Bertz CT molecular complexity index is 584. The number of benzene rings is 1. The number of nitrogens with zero attached hydrogens (tertiary/aromatic N) is 2. The minimum atomic E-state index is 0.623. The van der Waals surface area contributed by atoms with Crippen LogP contribution in [0.4, 0.5) is 5.82 Å². The molecule has 4 heteroatoms. The van der Waals surface area contributed by atoms with E-state index in [1.807, 2.05) is 28.9 Å². The molecule has 0 radical (unpaired) electrons. The molecular weight excluding hydrogens is 258 g/mol. The van der Waals surface area contributed by atoms with Crippen molar-refractivity contribution in [3.05, 3.63) is 40.5 Å². The molecule has 0 amide bonds. The Hall–Kier alpha value is -1.48. The van der Waals surface area contributed by atoms with E-state index in [9.17, 15) is 0 Å². The van der Waals surface area contributed by atoms with Gasteiger partial charge in [-0.2, -0.15) is 5.10 Å². The van der Waals surface area contributed by atoms with Crippen molar-refractivity contribution >= 4 is 17.4 Å². The summed E-state index contributed by atoms with van der Waals surface area (Å²) < 4.78 is 2.01. The van der Waals surface area contributed by atoms with E-state index in [0.717, 1.165) is 35.9 Å². The summed E-state index contributed by atoms with van der Waals surface area (Å²) in [5.41, 5.74) is 3.67. The minimum absolute atomic E-state index is 0.623. The van der Waals surface area contributed by atoms with Crippen LogP contribution < -0.4 is 5.32 Å². The van der Waals surface area contributed by atoms with E-state index in [0.29, 0.717) is 5.92 Å². The van der Waals surface area contributed by atoms with Crippen molar-refractivity contribution in [1.82, 2.24) is 9.78 Å². The highest BCUT2D eigenvalue weighted by Gasteiger charge is 2.23. The first kappa shape index (κ1) is 12.5. The largest absolute Gasteiger partial charge is 0.369 e. The average Bonchev–Trinajstić information content (AvgIpc) is 2.94. The number of hydrogen-bond donors (Lipinski definition) is 1. The summed E-state index contributed by atoms with van der Waals surface area (Å²) in [4.78, 5) is 0. The van der Waals surface area contributed by atoms with Gasteiger partial charge < -0.3 is 5.32 Å². The molecule has 100 valence electrons. The molecule has 2 aromatic rings. The zero-order chi connectivity index (χ0) is 13.4. The smallest absolute Gasteiger partial charge is 0.133 e. The molecular formula is C15H18ClN3. The van der Waals surface area contributed by atoms with Gasteiger partial charge in [0.15, 0.2) is 0 Å². The molecule has 1 aliphatic heterocycles. The Balaban J connectivity index is 2.04. The number of nitrogens with one attached hydrogen (secondary N) is 1. The lowest BCUT2D eigenvalue weighted by molar-refractivity contribution is 0.624. The fraction of sp³-hybridized carbons (Fsp3) is 0.400. The number of anilines is 1.